The lowest BCUT2D eigenvalue weighted by Crippen LogP contribution is -2.30. The maximum absolute atomic E-state index is 12.8. The van der Waals surface area contributed by atoms with E-state index in [4.69, 9.17) is 16.3 Å². The van der Waals surface area contributed by atoms with Crippen molar-refractivity contribution < 1.29 is 9.53 Å². The number of imidazole rings is 1. The van der Waals surface area contributed by atoms with Gasteiger partial charge in [-0.15, -0.1) is 0 Å². The highest BCUT2D eigenvalue weighted by Crippen LogP contribution is 2.27. The lowest BCUT2D eigenvalue weighted by atomic mass is 10.1. The van der Waals surface area contributed by atoms with Crippen molar-refractivity contribution in [2.45, 2.75) is 0 Å². The van der Waals surface area contributed by atoms with Gasteiger partial charge >= 0.3 is 0 Å². The van der Waals surface area contributed by atoms with Crippen LogP contribution in [0, 0.1) is 0 Å². The molecule has 0 fully saturated rings. The fraction of sp³-hybridized carbons (Fsp3) is 0.190. The number of likely N-dealkylation sites (N-methyl/N-ethyl adjacent to an activating group) is 1. The van der Waals surface area contributed by atoms with Crippen molar-refractivity contribution in [1.29, 1.82) is 0 Å². The molecule has 0 saturated carbocycles. The number of hydrogen-bond donors (Lipinski definition) is 1. The third-order valence-electron chi connectivity index (χ3n) is 4.81. The van der Waals surface area contributed by atoms with Crippen LogP contribution in [0.5, 0.6) is 0 Å². The Morgan fingerprint density at radius 1 is 1.24 bits per heavy atom. The minimum Gasteiger partial charge on any atom is -0.383 e. The highest BCUT2D eigenvalue weighted by Gasteiger charge is 2.19. The van der Waals surface area contributed by atoms with Gasteiger partial charge in [0.1, 0.15) is 11.3 Å². The quantitative estimate of drug-likeness (QED) is 0.548. The molecular weight excluding hydrogens is 392 g/mol. The predicted octanol–water partition coefficient (Wildman–Crippen LogP) is 3.21. The Labute approximate surface area is 171 Å². The number of amides is 1. The number of nitrogens with zero attached hydrogens (tertiary/aromatic N) is 3. The summed E-state index contributed by atoms with van der Waals surface area (Å²) in [6.45, 7) is 0.847. The number of rotatable bonds is 5. The van der Waals surface area contributed by atoms with Crippen LogP contribution < -0.4 is 5.56 Å². The Kier molecular flexibility index (Phi) is 5.08. The molecule has 0 aliphatic carbocycles. The molecule has 2 aromatic carbocycles. The van der Waals surface area contributed by atoms with Gasteiger partial charge in [-0.25, -0.2) is 4.98 Å². The Morgan fingerprint density at radius 3 is 2.72 bits per heavy atom. The van der Waals surface area contributed by atoms with Crippen LogP contribution in [0.25, 0.3) is 27.9 Å². The van der Waals surface area contributed by atoms with E-state index < -0.39 is 0 Å². The lowest BCUT2D eigenvalue weighted by molar-refractivity contribution is 0.0744. The number of carbonyl (C=O) groups is 1. The SMILES string of the molecule is COCCN(C)C(=O)c1cc2[nH]c(=O)c3cnc(-c4ccccc4)n3c2cc1Cl. The van der Waals surface area contributed by atoms with Crippen LogP contribution in [0.15, 0.2) is 53.5 Å². The summed E-state index contributed by atoms with van der Waals surface area (Å²) in [6.07, 6.45) is 1.53. The van der Waals surface area contributed by atoms with Crippen molar-refractivity contribution in [3.8, 4) is 11.4 Å². The minimum atomic E-state index is -0.291. The van der Waals surface area contributed by atoms with Crippen LogP contribution >= 0.6 is 11.6 Å². The number of nitrogens with one attached hydrogen (secondary N) is 1. The van der Waals surface area contributed by atoms with Gasteiger partial charge in [0.2, 0.25) is 0 Å². The molecule has 0 atom stereocenters. The first-order valence-corrected chi connectivity index (χ1v) is 9.42. The van der Waals surface area contributed by atoms with Gasteiger partial charge in [-0.3, -0.25) is 14.0 Å². The molecule has 4 rings (SSSR count). The highest BCUT2D eigenvalue weighted by atomic mass is 35.5. The molecular formula is C21H19ClN4O3. The zero-order valence-electron chi connectivity index (χ0n) is 16.0. The minimum absolute atomic E-state index is 0.246. The van der Waals surface area contributed by atoms with Gasteiger partial charge in [0.25, 0.3) is 11.5 Å². The second-order valence-electron chi connectivity index (χ2n) is 6.69. The van der Waals surface area contributed by atoms with Gasteiger partial charge in [-0.05, 0) is 12.1 Å². The molecule has 1 N–H and O–H groups in total. The fourth-order valence-corrected chi connectivity index (χ4v) is 3.52. The van der Waals surface area contributed by atoms with E-state index in [-0.39, 0.29) is 11.5 Å². The number of fused-ring (bicyclic) bond motifs is 3. The van der Waals surface area contributed by atoms with E-state index in [9.17, 15) is 9.59 Å². The Hall–Kier alpha value is -3.16. The standard InChI is InChI=1S/C21H19ClN4O3/c1-25(8-9-29-2)21(28)14-10-16-17(11-15(14)22)26-18(20(27)24-16)12-23-19(26)13-6-4-3-5-7-13/h3-7,10-12H,8-9H2,1-2H3,(H,24,27). The third-order valence-corrected chi connectivity index (χ3v) is 5.12. The summed E-state index contributed by atoms with van der Waals surface area (Å²) in [5, 5.41) is 0.299. The van der Waals surface area contributed by atoms with Crippen molar-refractivity contribution in [2.24, 2.45) is 0 Å². The molecule has 2 heterocycles. The van der Waals surface area contributed by atoms with E-state index in [1.807, 2.05) is 30.3 Å². The second kappa shape index (κ2) is 7.69. The van der Waals surface area contributed by atoms with Crippen LogP contribution in [0.2, 0.25) is 5.02 Å². The number of benzene rings is 2. The Balaban J connectivity index is 1.92. The summed E-state index contributed by atoms with van der Waals surface area (Å²) >= 11 is 6.48. The number of methoxy groups -OCH3 is 1. The van der Waals surface area contributed by atoms with Crippen molar-refractivity contribution >= 4 is 34.1 Å². The zero-order chi connectivity index (χ0) is 20.5. The van der Waals surface area contributed by atoms with Crippen molar-refractivity contribution in [3.63, 3.8) is 0 Å². The smallest absolute Gasteiger partial charge is 0.274 e. The first-order chi connectivity index (χ1) is 14.0. The fourth-order valence-electron chi connectivity index (χ4n) is 3.28. The Bertz CT molecular complexity index is 1260. The average molecular weight is 411 g/mol. The molecule has 1 amide bonds. The van der Waals surface area contributed by atoms with E-state index in [1.54, 1.807) is 30.7 Å². The summed E-state index contributed by atoms with van der Waals surface area (Å²) in [6, 6.07) is 12.9. The topological polar surface area (TPSA) is 79.7 Å². The number of aromatic nitrogens is 3. The molecule has 4 aromatic rings. The molecule has 0 bridgehead atoms. The summed E-state index contributed by atoms with van der Waals surface area (Å²) < 4.78 is 6.79. The molecule has 0 unspecified atom stereocenters. The number of halogens is 1. The number of carbonyl (C=O) groups excluding carboxylic acids is 1. The maximum atomic E-state index is 12.8. The van der Waals surface area contributed by atoms with Crippen LogP contribution in [-0.2, 0) is 4.74 Å². The van der Waals surface area contributed by atoms with E-state index in [0.717, 1.165) is 5.56 Å². The van der Waals surface area contributed by atoms with Crippen molar-refractivity contribution in [1.82, 2.24) is 19.3 Å². The van der Waals surface area contributed by atoms with E-state index >= 15 is 0 Å². The Morgan fingerprint density at radius 2 is 2.00 bits per heavy atom. The number of ether oxygens (including phenoxy) is 1. The lowest BCUT2D eigenvalue weighted by Gasteiger charge is -2.18. The molecule has 29 heavy (non-hydrogen) atoms. The van der Waals surface area contributed by atoms with Gasteiger partial charge in [0.05, 0.1) is 34.4 Å². The van der Waals surface area contributed by atoms with Crippen molar-refractivity contribution in [2.75, 3.05) is 27.3 Å². The van der Waals surface area contributed by atoms with Crippen LogP contribution in [0.4, 0.5) is 0 Å². The van der Waals surface area contributed by atoms with E-state index in [2.05, 4.69) is 9.97 Å². The van der Waals surface area contributed by atoms with E-state index in [0.29, 0.717) is 46.1 Å². The van der Waals surface area contributed by atoms with Gasteiger partial charge in [-0.1, -0.05) is 41.9 Å². The normalized spacial score (nSPS) is 11.3. The number of hydrogen-bond acceptors (Lipinski definition) is 4. The molecule has 0 saturated heterocycles. The third kappa shape index (κ3) is 3.39. The van der Waals surface area contributed by atoms with Gasteiger partial charge in [0.15, 0.2) is 0 Å². The monoisotopic (exact) mass is 410 g/mol. The molecule has 0 spiro atoms. The van der Waals surface area contributed by atoms with Crippen molar-refractivity contribution in [3.05, 3.63) is 69.6 Å². The van der Waals surface area contributed by atoms with Crippen LogP contribution in [0.3, 0.4) is 0 Å². The van der Waals surface area contributed by atoms with Crippen LogP contribution in [-0.4, -0.2) is 52.5 Å². The molecule has 8 heteroatoms. The number of aromatic amines is 1. The largest absolute Gasteiger partial charge is 0.383 e. The summed E-state index contributed by atoms with van der Waals surface area (Å²) in [5.41, 5.74) is 2.47. The highest BCUT2D eigenvalue weighted by molar-refractivity contribution is 6.34. The first-order valence-electron chi connectivity index (χ1n) is 9.04. The summed E-state index contributed by atoms with van der Waals surface area (Å²) in [5.74, 6) is 0.382. The molecule has 0 aliphatic rings. The van der Waals surface area contributed by atoms with Gasteiger partial charge in [-0.2, -0.15) is 0 Å². The first kappa shape index (κ1) is 19.2. The maximum Gasteiger partial charge on any atom is 0.274 e. The van der Waals surface area contributed by atoms with Gasteiger partial charge in [0, 0.05) is 26.3 Å². The average Bonchev–Trinajstić information content (AvgIpc) is 3.18. The van der Waals surface area contributed by atoms with Gasteiger partial charge < -0.3 is 14.6 Å². The number of H-pyrrole nitrogens is 1. The summed E-state index contributed by atoms with van der Waals surface area (Å²) in [4.78, 5) is 34.2. The zero-order valence-corrected chi connectivity index (χ0v) is 16.7. The molecule has 2 aromatic heterocycles. The van der Waals surface area contributed by atoms with Crippen LogP contribution in [0.1, 0.15) is 10.4 Å². The summed E-state index contributed by atoms with van der Waals surface area (Å²) in [7, 11) is 3.25. The molecule has 0 aliphatic heterocycles. The molecule has 0 radical (unpaired) electrons. The van der Waals surface area contributed by atoms with E-state index in [1.165, 1.54) is 11.1 Å². The second-order valence-corrected chi connectivity index (χ2v) is 7.10. The predicted molar refractivity (Wildman–Crippen MR) is 113 cm³/mol. The molecule has 148 valence electrons. The molecule has 7 nitrogen and oxygen atoms in total.